The number of carbonyl (C=O) groups is 2. The van der Waals surface area contributed by atoms with Gasteiger partial charge >= 0.3 is 0 Å². The third-order valence-electron chi connectivity index (χ3n) is 5.79. The van der Waals surface area contributed by atoms with Crippen molar-refractivity contribution in [3.05, 3.63) is 35.4 Å². The van der Waals surface area contributed by atoms with Crippen LogP contribution in [0.1, 0.15) is 60.9 Å². The number of rotatable bonds is 5. The van der Waals surface area contributed by atoms with Crippen LogP contribution in [0.5, 0.6) is 0 Å². The van der Waals surface area contributed by atoms with Crippen LogP contribution in [0.3, 0.4) is 0 Å². The van der Waals surface area contributed by atoms with Crippen molar-refractivity contribution in [3.63, 3.8) is 0 Å². The highest BCUT2D eigenvalue weighted by atomic mass is 16.3. The van der Waals surface area contributed by atoms with Crippen LogP contribution in [0.4, 0.5) is 0 Å². The van der Waals surface area contributed by atoms with Gasteiger partial charge in [-0.2, -0.15) is 0 Å². The first-order valence-corrected chi connectivity index (χ1v) is 9.43. The van der Waals surface area contributed by atoms with Gasteiger partial charge in [-0.1, -0.05) is 31.0 Å². The van der Waals surface area contributed by atoms with Crippen LogP contribution in [-0.2, 0) is 11.2 Å². The molecule has 0 radical (unpaired) electrons. The van der Waals surface area contributed by atoms with Gasteiger partial charge in [-0.25, -0.2) is 0 Å². The van der Waals surface area contributed by atoms with Gasteiger partial charge in [0.25, 0.3) is 0 Å². The molecule has 0 spiro atoms. The molecule has 0 unspecified atom stereocenters. The number of aryl methyl sites for hydroxylation is 1. The lowest BCUT2D eigenvalue weighted by atomic mass is 9.80. The summed E-state index contributed by atoms with van der Waals surface area (Å²) in [5.74, 6) is -0.106. The molecule has 2 aliphatic rings. The predicted molar refractivity (Wildman–Crippen MR) is 96.0 cm³/mol. The standard InChI is InChI=1S/C20H28N2O3/c21-20(25)15-7-2-1-6-14(15)11-12-19(24)22-13-5-9-17(22)16-8-3-4-10-18(16)23/h1-2,6-7,16-18,23H,3-5,8-13H2,(H2,21,25)/t16-,17+,18-/m0/s1. The van der Waals surface area contributed by atoms with Gasteiger partial charge in [0.05, 0.1) is 6.10 Å². The van der Waals surface area contributed by atoms with Crippen molar-refractivity contribution in [2.75, 3.05) is 6.54 Å². The fourth-order valence-electron chi connectivity index (χ4n) is 4.50. The average molecular weight is 344 g/mol. The Hall–Kier alpha value is -1.88. The summed E-state index contributed by atoms with van der Waals surface area (Å²) in [6, 6.07) is 7.39. The Balaban J connectivity index is 1.63. The van der Waals surface area contributed by atoms with E-state index in [9.17, 15) is 14.7 Å². The van der Waals surface area contributed by atoms with Crippen molar-refractivity contribution in [1.29, 1.82) is 0 Å². The van der Waals surface area contributed by atoms with E-state index in [0.29, 0.717) is 18.4 Å². The molecule has 0 aromatic heterocycles. The maximum Gasteiger partial charge on any atom is 0.248 e. The topological polar surface area (TPSA) is 83.6 Å². The highest BCUT2D eigenvalue weighted by molar-refractivity contribution is 5.94. The summed E-state index contributed by atoms with van der Waals surface area (Å²) in [7, 11) is 0. The van der Waals surface area contributed by atoms with Crippen molar-refractivity contribution in [2.24, 2.45) is 11.7 Å². The minimum atomic E-state index is -0.451. The average Bonchev–Trinajstić information content (AvgIpc) is 3.09. The van der Waals surface area contributed by atoms with Crippen LogP contribution in [0.2, 0.25) is 0 Å². The van der Waals surface area contributed by atoms with Gasteiger partial charge in [0.1, 0.15) is 0 Å². The molecule has 3 atom stereocenters. The molecule has 136 valence electrons. The summed E-state index contributed by atoms with van der Waals surface area (Å²) >= 11 is 0. The third-order valence-corrected chi connectivity index (χ3v) is 5.79. The smallest absolute Gasteiger partial charge is 0.248 e. The Morgan fingerprint density at radius 1 is 1.12 bits per heavy atom. The normalized spacial score (nSPS) is 26.6. The monoisotopic (exact) mass is 344 g/mol. The van der Waals surface area contributed by atoms with E-state index in [2.05, 4.69) is 0 Å². The van der Waals surface area contributed by atoms with Crippen LogP contribution in [0.15, 0.2) is 24.3 Å². The maximum absolute atomic E-state index is 12.8. The largest absolute Gasteiger partial charge is 0.393 e. The summed E-state index contributed by atoms with van der Waals surface area (Å²) in [6.45, 7) is 0.782. The van der Waals surface area contributed by atoms with Gasteiger partial charge in [0.15, 0.2) is 0 Å². The minimum absolute atomic E-state index is 0.125. The lowest BCUT2D eigenvalue weighted by Crippen LogP contribution is -2.45. The highest BCUT2D eigenvalue weighted by Gasteiger charge is 2.38. The van der Waals surface area contributed by atoms with Crippen LogP contribution in [0.25, 0.3) is 0 Å². The molecule has 1 aromatic rings. The SMILES string of the molecule is NC(=O)c1ccccc1CCC(=O)N1CCC[C@@H]1[C@@H]1CCCC[C@@H]1O. The lowest BCUT2D eigenvalue weighted by Gasteiger charge is -2.37. The molecule has 2 amide bonds. The molecule has 0 bridgehead atoms. The number of likely N-dealkylation sites (tertiary alicyclic amines) is 1. The quantitative estimate of drug-likeness (QED) is 0.859. The molecule has 1 aliphatic heterocycles. The first-order valence-electron chi connectivity index (χ1n) is 9.43. The molecule has 1 saturated carbocycles. The zero-order valence-corrected chi connectivity index (χ0v) is 14.7. The zero-order chi connectivity index (χ0) is 17.8. The fraction of sp³-hybridized carbons (Fsp3) is 0.600. The molecule has 25 heavy (non-hydrogen) atoms. The third kappa shape index (κ3) is 4.03. The van der Waals surface area contributed by atoms with Crippen LogP contribution in [0, 0.1) is 5.92 Å². The number of benzene rings is 1. The van der Waals surface area contributed by atoms with E-state index >= 15 is 0 Å². The molecule has 1 saturated heterocycles. The molecule has 2 fully saturated rings. The first kappa shape index (κ1) is 17.9. The van der Waals surface area contributed by atoms with Gasteiger partial charge in [0, 0.05) is 30.5 Å². The van der Waals surface area contributed by atoms with Crippen molar-refractivity contribution >= 4 is 11.8 Å². The Bertz CT molecular complexity index is 631. The first-order chi connectivity index (χ1) is 12.1. The number of nitrogens with zero attached hydrogens (tertiary/aromatic N) is 1. The number of aliphatic hydroxyl groups excluding tert-OH is 1. The highest BCUT2D eigenvalue weighted by Crippen LogP contribution is 2.35. The molecule has 3 N–H and O–H groups in total. The molecule has 5 nitrogen and oxygen atoms in total. The lowest BCUT2D eigenvalue weighted by molar-refractivity contribution is -0.134. The summed E-state index contributed by atoms with van der Waals surface area (Å²) in [6.07, 6.45) is 6.73. The number of carbonyl (C=O) groups excluding carboxylic acids is 2. The van der Waals surface area contributed by atoms with Crippen LogP contribution >= 0.6 is 0 Å². The van der Waals surface area contributed by atoms with E-state index in [1.807, 2.05) is 17.0 Å². The number of primary amides is 1. The second kappa shape index (κ2) is 8.00. The van der Waals surface area contributed by atoms with Gasteiger partial charge < -0.3 is 15.7 Å². The second-order valence-corrected chi connectivity index (χ2v) is 7.33. The predicted octanol–water partition coefficient (Wildman–Crippen LogP) is 2.26. The number of hydrogen-bond donors (Lipinski definition) is 2. The Morgan fingerprint density at radius 3 is 2.64 bits per heavy atom. The van der Waals surface area contributed by atoms with E-state index in [1.54, 1.807) is 12.1 Å². The van der Waals surface area contributed by atoms with Gasteiger partial charge in [-0.05, 0) is 43.7 Å². The molecule has 1 aliphatic carbocycles. The molecule has 3 rings (SSSR count). The number of nitrogens with two attached hydrogens (primary N) is 1. The summed E-state index contributed by atoms with van der Waals surface area (Å²) in [5, 5.41) is 10.3. The van der Waals surface area contributed by atoms with E-state index in [-0.39, 0.29) is 24.0 Å². The Labute approximate surface area is 149 Å². The Kier molecular flexibility index (Phi) is 5.74. The molecule has 1 heterocycles. The maximum atomic E-state index is 12.8. The van der Waals surface area contributed by atoms with E-state index < -0.39 is 5.91 Å². The molecular weight excluding hydrogens is 316 g/mol. The van der Waals surface area contributed by atoms with Crippen molar-refractivity contribution in [3.8, 4) is 0 Å². The summed E-state index contributed by atoms with van der Waals surface area (Å²) in [4.78, 5) is 26.3. The van der Waals surface area contributed by atoms with Crippen molar-refractivity contribution < 1.29 is 14.7 Å². The molecule has 1 aromatic carbocycles. The molecular formula is C20H28N2O3. The van der Waals surface area contributed by atoms with Crippen LogP contribution < -0.4 is 5.73 Å². The van der Waals surface area contributed by atoms with Crippen molar-refractivity contribution in [1.82, 2.24) is 4.90 Å². The summed E-state index contributed by atoms with van der Waals surface area (Å²) < 4.78 is 0. The van der Waals surface area contributed by atoms with E-state index in [0.717, 1.165) is 50.6 Å². The fourth-order valence-corrected chi connectivity index (χ4v) is 4.50. The number of hydrogen-bond acceptors (Lipinski definition) is 3. The summed E-state index contributed by atoms with van der Waals surface area (Å²) in [5.41, 5.74) is 6.74. The van der Waals surface area contributed by atoms with Crippen LogP contribution in [-0.4, -0.2) is 40.5 Å². The number of aliphatic hydroxyl groups is 1. The van der Waals surface area contributed by atoms with Gasteiger partial charge in [-0.3, -0.25) is 9.59 Å². The van der Waals surface area contributed by atoms with E-state index in [4.69, 9.17) is 5.73 Å². The molecule has 5 heteroatoms. The van der Waals surface area contributed by atoms with Gasteiger partial charge in [0.2, 0.25) is 11.8 Å². The zero-order valence-electron chi connectivity index (χ0n) is 14.7. The van der Waals surface area contributed by atoms with Gasteiger partial charge in [-0.15, -0.1) is 0 Å². The number of amides is 2. The second-order valence-electron chi connectivity index (χ2n) is 7.33. The Morgan fingerprint density at radius 2 is 1.88 bits per heavy atom. The minimum Gasteiger partial charge on any atom is -0.393 e. The van der Waals surface area contributed by atoms with E-state index in [1.165, 1.54) is 0 Å². The van der Waals surface area contributed by atoms with Crippen molar-refractivity contribution in [2.45, 2.75) is 63.5 Å².